The predicted octanol–water partition coefficient (Wildman–Crippen LogP) is 2.30. The SMILES string of the molecule is CC1CCN(C(=O)c2ccc(S(C)=O)cc2)CC1. The Labute approximate surface area is 111 Å². The van der Waals surface area contributed by atoms with Crippen LogP contribution in [0.4, 0.5) is 0 Å². The van der Waals surface area contributed by atoms with Crippen molar-refractivity contribution in [1.29, 1.82) is 0 Å². The summed E-state index contributed by atoms with van der Waals surface area (Å²) in [5.41, 5.74) is 0.693. The molecule has 1 amide bonds. The van der Waals surface area contributed by atoms with Crippen LogP contribution >= 0.6 is 0 Å². The zero-order chi connectivity index (χ0) is 13.1. The fourth-order valence-electron chi connectivity index (χ4n) is 2.18. The summed E-state index contributed by atoms with van der Waals surface area (Å²) in [6.45, 7) is 3.93. The topological polar surface area (TPSA) is 37.4 Å². The number of carbonyl (C=O) groups is 1. The number of carbonyl (C=O) groups excluding carboxylic acids is 1. The molecule has 4 heteroatoms. The molecular formula is C14H19NO2S. The second-order valence-corrected chi connectivity index (χ2v) is 6.33. The largest absolute Gasteiger partial charge is 0.339 e. The third-order valence-electron chi connectivity index (χ3n) is 3.50. The zero-order valence-corrected chi connectivity index (χ0v) is 11.7. The van der Waals surface area contributed by atoms with Crippen molar-refractivity contribution >= 4 is 16.7 Å². The number of amides is 1. The summed E-state index contributed by atoms with van der Waals surface area (Å²) in [4.78, 5) is 14.9. The van der Waals surface area contributed by atoms with Crippen LogP contribution in [0.15, 0.2) is 29.2 Å². The molecular weight excluding hydrogens is 246 g/mol. The molecule has 1 aromatic rings. The van der Waals surface area contributed by atoms with Gasteiger partial charge < -0.3 is 4.90 Å². The van der Waals surface area contributed by atoms with E-state index < -0.39 is 10.8 Å². The highest BCUT2D eigenvalue weighted by Crippen LogP contribution is 2.18. The first-order valence-corrected chi connectivity index (χ1v) is 7.86. The fourth-order valence-corrected chi connectivity index (χ4v) is 2.70. The molecule has 18 heavy (non-hydrogen) atoms. The molecule has 0 N–H and O–H groups in total. The Kier molecular flexibility index (Phi) is 4.17. The van der Waals surface area contributed by atoms with Crippen LogP contribution in [-0.2, 0) is 10.8 Å². The van der Waals surface area contributed by atoms with Crippen molar-refractivity contribution in [2.24, 2.45) is 5.92 Å². The molecule has 0 aliphatic carbocycles. The Morgan fingerprint density at radius 1 is 1.22 bits per heavy atom. The highest BCUT2D eigenvalue weighted by atomic mass is 32.2. The van der Waals surface area contributed by atoms with Crippen molar-refractivity contribution < 1.29 is 9.00 Å². The molecule has 0 radical (unpaired) electrons. The van der Waals surface area contributed by atoms with Gasteiger partial charge in [-0.15, -0.1) is 0 Å². The third-order valence-corrected chi connectivity index (χ3v) is 4.44. The van der Waals surface area contributed by atoms with E-state index in [1.54, 1.807) is 30.5 Å². The molecule has 1 heterocycles. The number of benzene rings is 1. The van der Waals surface area contributed by atoms with Crippen molar-refractivity contribution in [2.75, 3.05) is 19.3 Å². The van der Waals surface area contributed by atoms with Crippen molar-refractivity contribution in [1.82, 2.24) is 4.90 Å². The van der Waals surface area contributed by atoms with Crippen LogP contribution in [0.3, 0.4) is 0 Å². The molecule has 0 aromatic heterocycles. The standard InChI is InChI=1S/C14H19NO2S/c1-11-7-9-15(10-8-11)14(16)12-3-5-13(6-4-12)18(2)17/h3-6,11H,7-10H2,1-2H3. The summed E-state index contributed by atoms with van der Waals surface area (Å²) < 4.78 is 11.3. The molecule has 1 atom stereocenters. The lowest BCUT2D eigenvalue weighted by molar-refractivity contribution is 0.0697. The van der Waals surface area contributed by atoms with Gasteiger partial charge in [-0.3, -0.25) is 9.00 Å². The second-order valence-electron chi connectivity index (χ2n) is 4.95. The maximum Gasteiger partial charge on any atom is 0.253 e. The van der Waals surface area contributed by atoms with E-state index in [-0.39, 0.29) is 5.91 Å². The van der Waals surface area contributed by atoms with Gasteiger partial charge >= 0.3 is 0 Å². The lowest BCUT2D eigenvalue weighted by atomic mass is 9.98. The minimum Gasteiger partial charge on any atom is -0.339 e. The van der Waals surface area contributed by atoms with E-state index in [0.717, 1.165) is 36.7 Å². The Morgan fingerprint density at radius 3 is 2.28 bits per heavy atom. The second kappa shape index (κ2) is 5.65. The maximum absolute atomic E-state index is 12.2. The van der Waals surface area contributed by atoms with Crippen LogP contribution in [0.1, 0.15) is 30.1 Å². The van der Waals surface area contributed by atoms with E-state index in [2.05, 4.69) is 6.92 Å². The summed E-state index contributed by atoms with van der Waals surface area (Å²) in [6.07, 6.45) is 3.81. The van der Waals surface area contributed by atoms with Crippen LogP contribution < -0.4 is 0 Å². The van der Waals surface area contributed by atoms with Crippen molar-refractivity contribution in [3.63, 3.8) is 0 Å². The molecule has 0 saturated carbocycles. The summed E-state index contributed by atoms with van der Waals surface area (Å²) in [5.74, 6) is 0.814. The van der Waals surface area contributed by atoms with Crippen LogP contribution in [0.2, 0.25) is 0 Å². The molecule has 2 rings (SSSR count). The summed E-state index contributed by atoms with van der Waals surface area (Å²) >= 11 is 0. The maximum atomic E-state index is 12.2. The summed E-state index contributed by atoms with van der Waals surface area (Å²) in [6, 6.07) is 7.10. The van der Waals surface area contributed by atoms with Gasteiger partial charge in [-0.1, -0.05) is 6.92 Å². The third kappa shape index (κ3) is 2.99. The van der Waals surface area contributed by atoms with Crippen molar-refractivity contribution in [3.05, 3.63) is 29.8 Å². The molecule has 0 bridgehead atoms. The Morgan fingerprint density at radius 2 is 1.78 bits per heavy atom. The number of hydrogen-bond acceptors (Lipinski definition) is 2. The molecule has 1 fully saturated rings. The Bertz CT molecular complexity index is 447. The Balaban J connectivity index is 2.07. The van der Waals surface area contributed by atoms with Gasteiger partial charge in [-0.2, -0.15) is 0 Å². The van der Waals surface area contributed by atoms with Gasteiger partial charge in [0.1, 0.15) is 0 Å². The molecule has 1 saturated heterocycles. The quantitative estimate of drug-likeness (QED) is 0.823. The number of hydrogen-bond donors (Lipinski definition) is 0. The van der Waals surface area contributed by atoms with Gasteiger partial charge in [-0.25, -0.2) is 0 Å². The number of nitrogens with zero attached hydrogens (tertiary/aromatic N) is 1. The van der Waals surface area contributed by atoms with Gasteiger partial charge in [0.2, 0.25) is 0 Å². The smallest absolute Gasteiger partial charge is 0.253 e. The number of likely N-dealkylation sites (tertiary alicyclic amines) is 1. The average Bonchev–Trinajstić information content (AvgIpc) is 2.39. The molecule has 0 spiro atoms. The normalized spacial score (nSPS) is 18.7. The summed E-state index contributed by atoms with van der Waals surface area (Å²) in [7, 11) is -0.985. The van der Waals surface area contributed by atoms with Gasteiger partial charge in [0, 0.05) is 40.6 Å². The average molecular weight is 265 g/mol. The minimum atomic E-state index is -0.985. The molecule has 98 valence electrons. The van der Waals surface area contributed by atoms with E-state index in [1.165, 1.54) is 0 Å². The first-order valence-electron chi connectivity index (χ1n) is 6.30. The van der Waals surface area contributed by atoms with E-state index in [0.29, 0.717) is 5.56 Å². The molecule has 1 unspecified atom stereocenters. The van der Waals surface area contributed by atoms with E-state index in [9.17, 15) is 9.00 Å². The number of rotatable bonds is 2. The Hall–Kier alpha value is -1.16. The van der Waals surface area contributed by atoms with Crippen LogP contribution in [-0.4, -0.2) is 34.4 Å². The lowest BCUT2D eigenvalue weighted by Gasteiger charge is -2.30. The van der Waals surface area contributed by atoms with Crippen LogP contribution in [0.25, 0.3) is 0 Å². The predicted molar refractivity (Wildman–Crippen MR) is 73.1 cm³/mol. The first-order chi connectivity index (χ1) is 8.58. The van der Waals surface area contributed by atoms with Gasteiger partial charge in [0.25, 0.3) is 5.91 Å². The van der Waals surface area contributed by atoms with Crippen LogP contribution in [0.5, 0.6) is 0 Å². The highest BCUT2D eigenvalue weighted by Gasteiger charge is 2.21. The molecule has 1 aliphatic rings. The van der Waals surface area contributed by atoms with E-state index >= 15 is 0 Å². The zero-order valence-electron chi connectivity index (χ0n) is 10.9. The van der Waals surface area contributed by atoms with Crippen molar-refractivity contribution in [2.45, 2.75) is 24.7 Å². The fraction of sp³-hybridized carbons (Fsp3) is 0.500. The van der Waals surface area contributed by atoms with Crippen molar-refractivity contribution in [3.8, 4) is 0 Å². The summed E-state index contributed by atoms with van der Waals surface area (Å²) in [5, 5.41) is 0. The van der Waals surface area contributed by atoms with E-state index in [1.807, 2.05) is 4.90 Å². The molecule has 1 aliphatic heterocycles. The molecule has 1 aromatic carbocycles. The van der Waals surface area contributed by atoms with Gasteiger partial charge in [0.15, 0.2) is 0 Å². The molecule has 3 nitrogen and oxygen atoms in total. The lowest BCUT2D eigenvalue weighted by Crippen LogP contribution is -2.37. The number of piperidine rings is 1. The van der Waals surface area contributed by atoms with Gasteiger partial charge in [-0.05, 0) is 43.0 Å². The van der Waals surface area contributed by atoms with Crippen LogP contribution in [0, 0.1) is 5.92 Å². The minimum absolute atomic E-state index is 0.0929. The highest BCUT2D eigenvalue weighted by molar-refractivity contribution is 7.84. The monoisotopic (exact) mass is 265 g/mol. The first kappa shape index (κ1) is 13.3. The van der Waals surface area contributed by atoms with Gasteiger partial charge in [0.05, 0.1) is 0 Å². The van der Waals surface area contributed by atoms with E-state index in [4.69, 9.17) is 0 Å².